The van der Waals surface area contributed by atoms with Gasteiger partial charge in [0.15, 0.2) is 0 Å². The minimum atomic E-state index is 0.736. The Hall–Kier alpha value is 0.467. The van der Waals surface area contributed by atoms with Gasteiger partial charge >= 0.3 is 0 Å². The van der Waals surface area contributed by atoms with E-state index in [0.717, 1.165) is 27.9 Å². The molecular formula is C4H9ClOSi. The molecule has 3 heteroatoms. The lowest BCUT2D eigenvalue weighted by atomic mass is 10.9. The Morgan fingerprint density at radius 3 is 2.86 bits per heavy atom. The van der Waals surface area contributed by atoms with Gasteiger partial charge in [0, 0.05) is 18.3 Å². The van der Waals surface area contributed by atoms with Crippen molar-refractivity contribution in [2.45, 2.75) is 6.92 Å². The van der Waals surface area contributed by atoms with Crippen molar-refractivity contribution in [3.63, 3.8) is 0 Å². The smallest absolute Gasteiger partial charge is 0.0920 e. The summed E-state index contributed by atoms with van der Waals surface area (Å²) in [6.07, 6.45) is 0.833. The molecule has 0 saturated heterocycles. The molecule has 42 valence electrons. The first kappa shape index (κ1) is 7.47. The summed E-state index contributed by atoms with van der Waals surface area (Å²) >= 11 is 5.37. The molecular weight excluding hydrogens is 128 g/mol. The van der Waals surface area contributed by atoms with Crippen molar-refractivity contribution in [2.75, 3.05) is 18.3 Å². The number of alkyl halides is 1. The molecule has 0 aliphatic rings. The Labute approximate surface area is 51.8 Å². The second-order valence-corrected chi connectivity index (χ2v) is 2.88. The third-order valence-electron chi connectivity index (χ3n) is 0.503. The Morgan fingerprint density at radius 2 is 2.43 bits per heavy atom. The molecule has 2 radical (unpaired) electrons. The van der Waals surface area contributed by atoms with Crippen LogP contribution in [-0.4, -0.2) is 27.9 Å². The molecule has 0 amide bonds. The van der Waals surface area contributed by atoms with Crippen LogP contribution < -0.4 is 0 Å². The maximum atomic E-state index is 5.37. The number of hydrogen-bond donors (Lipinski definition) is 0. The molecule has 0 atom stereocenters. The quantitative estimate of drug-likeness (QED) is 0.317. The molecule has 0 aromatic heterocycles. The van der Waals surface area contributed by atoms with Gasteiger partial charge in [-0.25, -0.2) is 0 Å². The SMILES string of the molecule is CCOC[Si]CCl. The van der Waals surface area contributed by atoms with Gasteiger partial charge in [-0.05, 0) is 6.92 Å². The van der Waals surface area contributed by atoms with Crippen molar-refractivity contribution in [1.29, 1.82) is 0 Å². The number of halogens is 1. The zero-order valence-electron chi connectivity index (χ0n) is 4.41. The molecule has 0 rings (SSSR count). The first-order valence-corrected chi connectivity index (χ1v) is 4.21. The average Bonchev–Trinajstić information content (AvgIpc) is 1.69. The van der Waals surface area contributed by atoms with Gasteiger partial charge < -0.3 is 4.74 Å². The molecule has 0 unspecified atom stereocenters. The Bertz CT molecular complexity index is 30.9. The fourth-order valence-corrected chi connectivity index (χ4v) is 0.870. The zero-order chi connectivity index (χ0) is 5.54. The van der Waals surface area contributed by atoms with Crippen molar-refractivity contribution < 1.29 is 4.74 Å². The topological polar surface area (TPSA) is 9.23 Å². The van der Waals surface area contributed by atoms with Gasteiger partial charge in [0.25, 0.3) is 0 Å². The Morgan fingerprint density at radius 1 is 1.71 bits per heavy atom. The predicted octanol–water partition coefficient (Wildman–Crippen LogP) is 0.881. The van der Waals surface area contributed by atoms with Crippen LogP contribution in [0.4, 0.5) is 0 Å². The summed E-state index contributed by atoms with van der Waals surface area (Å²) in [5.41, 5.74) is 0.736. The molecule has 0 spiro atoms. The summed E-state index contributed by atoms with van der Waals surface area (Å²) in [4.78, 5) is 0. The molecule has 0 aliphatic heterocycles. The first-order chi connectivity index (χ1) is 3.41. The summed E-state index contributed by atoms with van der Waals surface area (Å²) in [6.45, 7) is 2.79. The molecule has 1 nitrogen and oxygen atoms in total. The molecule has 0 aromatic rings. The van der Waals surface area contributed by atoms with E-state index in [4.69, 9.17) is 16.3 Å². The molecule has 0 N–H and O–H groups in total. The summed E-state index contributed by atoms with van der Waals surface area (Å²) in [5, 5.41) is 0. The van der Waals surface area contributed by atoms with E-state index in [2.05, 4.69) is 0 Å². The van der Waals surface area contributed by atoms with Crippen LogP contribution in [0, 0.1) is 0 Å². The van der Waals surface area contributed by atoms with Crippen molar-refractivity contribution >= 4 is 21.1 Å². The number of rotatable bonds is 4. The van der Waals surface area contributed by atoms with Gasteiger partial charge in [-0.2, -0.15) is 0 Å². The number of ether oxygens (including phenoxy) is 1. The monoisotopic (exact) mass is 136 g/mol. The molecule has 0 bridgehead atoms. The third kappa shape index (κ3) is 6.47. The highest BCUT2D eigenvalue weighted by Gasteiger charge is 1.82. The van der Waals surface area contributed by atoms with E-state index < -0.39 is 0 Å². The molecule has 0 fully saturated rings. The van der Waals surface area contributed by atoms with E-state index in [9.17, 15) is 0 Å². The summed E-state index contributed by atoms with van der Waals surface area (Å²) in [6, 6.07) is 0. The summed E-state index contributed by atoms with van der Waals surface area (Å²) < 4.78 is 5.00. The maximum Gasteiger partial charge on any atom is 0.0920 e. The molecule has 0 heterocycles. The van der Waals surface area contributed by atoms with Crippen LogP contribution >= 0.6 is 11.6 Å². The first-order valence-electron chi connectivity index (χ1n) is 2.26. The van der Waals surface area contributed by atoms with Gasteiger partial charge in [-0.1, -0.05) is 0 Å². The van der Waals surface area contributed by atoms with Gasteiger partial charge in [-0.15, -0.1) is 11.6 Å². The van der Waals surface area contributed by atoms with Crippen molar-refractivity contribution in [3.8, 4) is 0 Å². The van der Waals surface area contributed by atoms with E-state index in [1.165, 1.54) is 0 Å². The highest BCUT2D eigenvalue weighted by atomic mass is 35.5. The fourth-order valence-electron chi connectivity index (χ4n) is 0.213. The minimum absolute atomic E-state index is 0.736. The highest BCUT2D eigenvalue weighted by molar-refractivity contribution is 6.50. The zero-order valence-corrected chi connectivity index (χ0v) is 6.16. The van der Waals surface area contributed by atoms with E-state index in [0.29, 0.717) is 0 Å². The second kappa shape index (κ2) is 6.47. The second-order valence-electron chi connectivity index (χ2n) is 1.02. The largest absolute Gasteiger partial charge is 0.386 e. The van der Waals surface area contributed by atoms with Gasteiger partial charge in [-0.3, -0.25) is 0 Å². The Balaban J connectivity index is 2.45. The molecule has 0 saturated carbocycles. The fraction of sp³-hybridized carbons (Fsp3) is 1.00. The van der Waals surface area contributed by atoms with E-state index >= 15 is 0 Å². The van der Waals surface area contributed by atoms with Crippen LogP contribution in [-0.2, 0) is 4.74 Å². The Kier molecular flexibility index (Phi) is 6.90. The third-order valence-corrected chi connectivity index (χ3v) is 1.67. The molecule has 0 aromatic carbocycles. The van der Waals surface area contributed by atoms with Crippen LogP contribution in [0.3, 0.4) is 0 Å². The average molecular weight is 137 g/mol. The van der Waals surface area contributed by atoms with Crippen LogP contribution in [0.2, 0.25) is 0 Å². The van der Waals surface area contributed by atoms with Crippen molar-refractivity contribution in [3.05, 3.63) is 0 Å². The van der Waals surface area contributed by atoms with Gasteiger partial charge in [0.2, 0.25) is 0 Å². The van der Waals surface area contributed by atoms with Crippen molar-refractivity contribution in [1.82, 2.24) is 0 Å². The minimum Gasteiger partial charge on any atom is -0.386 e. The van der Waals surface area contributed by atoms with Crippen LogP contribution in [0.25, 0.3) is 0 Å². The normalized spacial score (nSPS) is 9.43. The summed E-state index contributed by atoms with van der Waals surface area (Å²) in [7, 11) is 0.765. The van der Waals surface area contributed by atoms with E-state index in [1.54, 1.807) is 0 Å². The van der Waals surface area contributed by atoms with E-state index in [1.807, 2.05) is 6.92 Å². The maximum absolute atomic E-state index is 5.37. The standard InChI is InChI=1S/C4H9ClOSi/c1-2-6-4-7-3-5/h2-4H2,1H3. The predicted molar refractivity (Wildman–Crippen MR) is 33.0 cm³/mol. The van der Waals surface area contributed by atoms with Crippen molar-refractivity contribution in [2.24, 2.45) is 0 Å². The highest BCUT2D eigenvalue weighted by Crippen LogP contribution is 1.73. The lowest BCUT2D eigenvalue weighted by Crippen LogP contribution is -2.04. The van der Waals surface area contributed by atoms with Crippen LogP contribution in [0.1, 0.15) is 6.92 Å². The number of hydrogen-bond acceptors (Lipinski definition) is 1. The molecule has 7 heavy (non-hydrogen) atoms. The lowest BCUT2D eigenvalue weighted by Gasteiger charge is -1.92. The lowest BCUT2D eigenvalue weighted by molar-refractivity contribution is 0.193. The van der Waals surface area contributed by atoms with Crippen LogP contribution in [0.5, 0.6) is 0 Å². The molecule has 0 aliphatic carbocycles. The van der Waals surface area contributed by atoms with Gasteiger partial charge in [0.05, 0.1) is 9.52 Å². The van der Waals surface area contributed by atoms with Crippen LogP contribution in [0.15, 0.2) is 0 Å². The summed E-state index contributed by atoms with van der Waals surface area (Å²) in [5.74, 6) is 0. The van der Waals surface area contributed by atoms with Gasteiger partial charge in [0.1, 0.15) is 0 Å². The van der Waals surface area contributed by atoms with E-state index in [-0.39, 0.29) is 0 Å².